The lowest BCUT2D eigenvalue weighted by Gasteiger charge is -2.30. The minimum Gasteiger partial charge on any atom is -0.305 e. The first-order valence-corrected chi connectivity index (χ1v) is 6.34. The first kappa shape index (κ1) is 17.2. The molecule has 1 unspecified atom stereocenters. The second-order valence-corrected chi connectivity index (χ2v) is 4.98. The highest BCUT2D eigenvalue weighted by molar-refractivity contribution is 6.31. The van der Waals surface area contributed by atoms with Crippen molar-refractivity contribution in [1.29, 1.82) is 0 Å². The summed E-state index contributed by atoms with van der Waals surface area (Å²) in [5, 5.41) is 2.55. The van der Waals surface area contributed by atoms with Gasteiger partial charge in [-0.1, -0.05) is 24.6 Å². The van der Waals surface area contributed by atoms with Crippen molar-refractivity contribution in [3.8, 4) is 0 Å². The molecule has 1 atom stereocenters. The lowest BCUT2D eigenvalue weighted by molar-refractivity contribution is -0.294. The van der Waals surface area contributed by atoms with E-state index in [9.17, 15) is 22.0 Å². The molecule has 20 heavy (non-hydrogen) atoms. The highest BCUT2D eigenvalue weighted by atomic mass is 35.5. The number of aryl methyl sites for hydroxylation is 2. The van der Waals surface area contributed by atoms with Crippen molar-refractivity contribution < 1.29 is 22.0 Å². The molecule has 0 spiro atoms. The number of halogens is 6. The number of alkyl halides is 5. The first-order valence-electron chi connectivity index (χ1n) is 5.97. The third-order valence-electron chi connectivity index (χ3n) is 3.01. The predicted molar refractivity (Wildman–Crippen MR) is 68.3 cm³/mol. The largest absolute Gasteiger partial charge is 0.455 e. The summed E-state index contributed by atoms with van der Waals surface area (Å²) in [6.45, 7) is 4.46. The summed E-state index contributed by atoms with van der Waals surface area (Å²) < 4.78 is 65.1. The molecule has 0 heterocycles. The van der Waals surface area contributed by atoms with Crippen LogP contribution in [0.3, 0.4) is 0 Å². The van der Waals surface area contributed by atoms with Crippen LogP contribution in [0.1, 0.15) is 29.7 Å². The van der Waals surface area contributed by atoms with Crippen molar-refractivity contribution in [3.63, 3.8) is 0 Å². The van der Waals surface area contributed by atoms with Crippen molar-refractivity contribution in [2.75, 3.05) is 6.54 Å². The van der Waals surface area contributed by atoms with Crippen LogP contribution in [0.15, 0.2) is 12.1 Å². The zero-order valence-electron chi connectivity index (χ0n) is 11.2. The number of rotatable bonds is 4. The molecular formula is C13H15ClF5N. The maximum absolute atomic E-state index is 13.7. The predicted octanol–water partition coefficient (Wildman–Crippen LogP) is 4.81. The molecule has 1 aromatic carbocycles. The summed E-state index contributed by atoms with van der Waals surface area (Å²) in [5.74, 6) is -4.87. The van der Waals surface area contributed by atoms with Gasteiger partial charge in [0, 0.05) is 5.02 Å². The van der Waals surface area contributed by atoms with Gasteiger partial charge in [-0.05, 0) is 43.1 Å². The van der Waals surface area contributed by atoms with Gasteiger partial charge in [0.2, 0.25) is 0 Å². The highest BCUT2D eigenvalue weighted by Gasteiger charge is 2.62. The number of nitrogens with one attached hydrogen (secondary N) is 1. The fourth-order valence-corrected chi connectivity index (χ4v) is 2.13. The van der Waals surface area contributed by atoms with Gasteiger partial charge in [0.25, 0.3) is 0 Å². The molecule has 0 bridgehead atoms. The Morgan fingerprint density at radius 3 is 2.10 bits per heavy atom. The summed E-state index contributed by atoms with van der Waals surface area (Å²) in [6.07, 6.45) is -5.63. The van der Waals surface area contributed by atoms with Crippen LogP contribution in [0.4, 0.5) is 22.0 Å². The fraction of sp³-hybridized carbons (Fsp3) is 0.538. The highest BCUT2D eigenvalue weighted by Crippen LogP contribution is 2.45. The fourth-order valence-electron chi connectivity index (χ4n) is 1.92. The third kappa shape index (κ3) is 3.23. The number of benzene rings is 1. The van der Waals surface area contributed by atoms with Gasteiger partial charge >= 0.3 is 12.1 Å². The minimum absolute atomic E-state index is 0.0164. The first-order chi connectivity index (χ1) is 9.02. The van der Waals surface area contributed by atoms with Gasteiger partial charge in [0.15, 0.2) is 0 Å². The molecule has 0 saturated carbocycles. The molecule has 0 aliphatic heterocycles. The molecule has 0 radical (unpaired) electrons. The van der Waals surface area contributed by atoms with E-state index in [0.29, 0.717) is 10.6 Å². The van der Waals surface area contributed by atoms with E-state index in [-0.39, 0.29) is 17.7 Å². The maximum atomic E-state index is 13.7. The van der Waals surface area contributed by atoms with Crippen LogP contribution in [-0.2, 0) is 0 Å². The second-order valence-electron chi connectivity index (χ2n) is 4.57. The topological polar surface area (TPSA) is 12.0 Å². The SMILES string of the molecule is CCNC(c1cc(C)c(Cl)cc1C)C(F)(F)C(F)(F)F. The molecule has 1 N–H and O–H groups in total. The number of hydrogen-bond acceptors (Lipinski definition) is 1. The van der Waals surface area contributed by atoms with Gasteiger partial charge in [-0.15, -0.1) is 0 Å². The zero-order chi connectivity index (χ0) is 15.7. The molecule has 0 amide bonds. The standard InChI is InChI=1S/C13H15ClF5N/c1-4-20-11(12(15,16)13(17,18)19)9-5-8(3)10(14)6-7(9)2/h5-6,11,20H,4H2,1-3H3. The van der Waals surface area contributed by atoms with E-state index in [0.717, 1.165) is 0 Å². The lowest BCUT2D eigenvalue weighted by Crippen LogP contribution is -2.48. The smallest absolute Gasteiger partial charge is 0.305 e. The Morgan fingerprint density at radius 2 is 1.65 bits per heavy atom. The van der Waals surface area contributed by atoms with Crippen LogP contribution >= 0.6 is 11.6 Å². The second kappa shape index (κ2) is 5.85. The summed E-state index contributed by atoms with van der Waals surface area (Å²) in [5.41, 5.74) is 0.639. The zero-order valence-corrected chi connectivity index (χ0v) is 12.0. The summed E-state index contributed by atoms with van der Waals surface area (Å²) in [6, 6.07) is 0.525. The van der Waals surface area contributed by atoms with Crippen LogP contribution in [0.5, 0.6) is 0 Å². The van der Waals surface area contributed by atoms with Crippen LogP contribution in [-0.4, -0.2) is 18.6 Å². The molecule has 0 saturated heterocycles. The molecule has 1 aromatic rings. The van der Waals surface area contributed by atoms with Gasteiger partial charge in [0.1, 0.15) is 6.04 Å². The van der Waals surface area contributed by atoms with E-state index in [1.807, 2.05) is 0 Å². The Kier molecular flexibility index (Phi) is 5.03. The van der Waals surface area contributed by atoms with Crippen LogP contribution < -0.4 is 5.32 Å². The minimum atomic E-state index is -5.63. The van der Waals surface area contributed by atoms with Crippen molar-refractivity contribution >= 4 is 11.6 Å². The van der Waals surface area contributed by atoms with Gasteiger partial charge in [-0.2, -0.15) is 22.0 Å². The Bertz CT molecular complexity index is 484. The average molecular weight is 316 g/mol. The monoisotopic (exact) mass is 315 g/mol. The van der Waals surface area contributed by atoms with E-state index in [1.54, 1.807) is 6.92 Å². The molecule has 0 aromatic heterocycles. The molecule has 0 aliphatic rings. The average Bonchev–Trinajstić information content (AvgIpc) is 2.29. The van der Waals surface area contributed by atoms with Gasteiger partial charge in [-0.25, -0.2) is 0 Å². The number of hydrogen-bond donors (Lipinski definition) is 1. The van der Waals surface area contributed by atoms with Crippen molar-refractivity contribution in [1.82, 2.24) is 5.32 Å². The van der Waals surface area contributed by atoms with Crippen molar-refractivity contribution in [2.45, 2.75) is 38.9 Å². The quantitative estimate of drug-likeness (QED) is 0.787. The van der Waals surface area contributed by atoms with E-state index in [1.165, 1.54) is 26.0 Å². The summed E-state index contributed by atoms with van der Waals surface area (Å²) in [4.78, 5) is 0. The Labute approximate surface area is 119 Å². The Morgan fingerprint density at radius 1 is 1.10 bits per heavy atom. The third-order valence-corrected chi connectivity index (χ3v) is 3.41. The van der Waals surface area contributed by atoms with Crippen LogP contribution in [0, 0.1) is 13.8 Å². The summed E-state index contributed by atoms with van der Waals surface area (Å²) in [7, 11) is 0. The molecule has 114 valence electrons. The van der Waals surface area contributed by atoms with Crippen molar-refractivity contribution in [3.05, 3.63) is 33.8 Å². The normalized spacial score (nSPS) is 14.4. The molecule has 1 nitrogen and oxygen atoms in total. The van der Waals surface area contributed by atoms with E-state index in [4.69, 9.17) is 11.6 Å². The molecule has 0 fully saturated rings. The van der Waals surface area contributed by atoms with Gasteiger partial charge in [0.05, 0.1) is 0 Å². The van der Waals surface area contributed by atoms with Crippen molar-refractivity contribution in [2.24, 2.45) is 0 Å². The maximum Gasteiger partial charge on any atom is 0.455 e. The summed E-state index contributed by atoms with van der Waals surface area (Å²) >= 11 is 5.84. The van der Waals surface area contributed by atoms with Gasteiger partial charge < -0.3 is 5.32 Å². The van der Waals surface area contributed by atoms with E-state index in [2.05, 4.69) is 5.32 Å². The lowest BCUT2D eigenvalue weighted by atomic mass is 9.94. The molecule has 0 aliphatic carbocycles. The van der Waals surface area contributed by atoms with Crippen LogP contribution in [0.2, 0.25) is 5.02 Å². The Hall–Kier alpha value is -0.880. The molecule has 1 rings (SSSR count). The van der Waals surface area contributed by atoms with Gasteiger partial charge in [-0.3, -0.25) is 0 Å². The Balaban J connectivity index is 3.39. The van der Waals surface area contributed by atoms with E-state index < -0.39 is 18.1 Å². The molecular weight excluding hydrogens is 301 g/mol. The van der Waals surface area contributed by atoms with Crippen LogP contribution in [0.25, 0.3) is 0 Å². The molecule has 7 heteroatoms. The van der Waals surface area contributed by atoms with E-state index >= 15 is 0 Å².